The Bertz CT molecular complexity index is 542. The van der Waals surface area contributed by atoms with E-state index >= 15 is 0 Å². The maximum atomic E-state index is 4.18. The molecule has 1 aliphatic carbocycles. The molecule has 2 atom stereocenters. The molecule has 106 valence electrons. The van der Waals surface area contributed by atoms with Crippen molar-refractivity contribution in [2.75, 3.05) is 7.05 Å². The van der Waals surface area contributed by atoms with E-state index in [1.54, 1.807) is 11.8 Å². The summed E-state index contributed by atoms with van der Waals surface area (Å²) >= 11 is 1.80. The van der Waals surface area contributed by atoms with Crippen molar-refractivity contribution >= 4 is 11.8 Å². The lowest BCUT2D eigenvalue weighted by Gasteiger charge is -2.27. The lowest BCUT2D eigenvalue weighted by atomic mass is 9.95. The fourth-order valence-corrected chi connectivity index (χ4v) is 3.88. The van der Waals surface area contributed by atoms with Crippen LogP contribution in [0.2, 0.25) is 0 Å². The van der Waals surface area contributed by atoms with Crippen molar-refractivity contribution in [1.29, 1.82) is 0 Å². The van der Waals surface area contributed by atoms with Crippen molar-refractivity contribution in [1.82, 2.24) is 25.5 Å². The van der Waals surface area contributed by atoms with Crippen LogP contribution in [0.3, 0.4) is 0 Å². The summed E-state index contributed by atoms with van der Waals surface area (Å²) in [5, 5.41) is 17.0. The number of nitrogens with one attached hydrogen (secondary N) is 1. The van der Waals surface area contributed by atoms with Gasteiger partial charge in [-0.15, -0.1) is 5.10 Å². The fourth-order valence-electron chi connectivity index (χ4n) is 2.65. The van der Waals surface area contributed by atoms with Gasteiger partial charge in [0.25, 0.3) is 0 Å². The monoisotopic (exact) mass is 289 g/mol. The number of thioether (sulfide) groups is 1. The molecule has 20 heavy (non-hydrogen) atoms. The number of tetrazole rings is 1. The van der Waals surface area contributed by atoms with E-state index in [0.29, 0.717) is 11.3 Å². The summed E-state index contributed by atoms with van der Waals surface area (Å²) in [6, 6.07) is 10.7. The average molecular weight is 289 g/mol. The molecule has 1 heterocycles. The molecule has 0 radical (unpaired) electrons. The highest BCUT2D eigenvalue weighted by Gasteiger charge is 2.23. The molecule has 1 fully saturated rings. The second-order valence-electron chi connectivity index (χ2n) is 5.10. The van der Waals surface area contributed by atoms with Crippen LogP contribution in [-0.4, -0.2) is 38.5 Å². The Morgan fingerprint density at radius 2 is 2.10 bits per heavy atom. The Morgan fingerprint density at radius 1 is 1.25 bits per heavy atom. The van der Waals surface area contributed by atoms with Crippen molar-refractivity contribution in [2.24, 2.45) is 0 Å². The van der Waals surface area contributed by atoms with Crippen LogP contribution in [0.5, 0.6) is 0 Å². The topological polar surface area (TPSA) is 55.6 Å². The minimum absolute atomic E-state index is 0.592. The fraction of sp³-hybridized carbons (Fsp3) is 0.500. The quantitative estimate of drug-likeness (QED) is 0.936. The van der Waals surface area contributed by atoms with Crippen LogP contribution in [0, 0.1) is 0 Å². The Labute approximate surface area is 123 Å². The van der Waals surface area contributed by atoms with E-state index in [-0.39, 0.29) is 0 Å². The summed E-state index contributed by atoms with van der Waals surface area (Å²) in [5.74, 6) is 0. The van der Waals surface area contributed by atoms with E-state index in [2.05, 4.69) is 20.8 Å². The first kappa shape index (κ1) is 13.6. The number of rotatable bonds is 4. The van der Waals surface area contributed by atoms with Crippen molar-refractivity contribution in [3.8, 4) is 5.69 Å². The van der Waals surface area contributed by atoms with Gasteiger partial charge >= 0.3 is 0 Å². The van der Waals surface area contributed by atoms with E-state index in [4.69, 9.17) is 0 Å². The zero-order valence-electron chi connectivity index (χ0n) is 11.6. The molecule has 1 aromatic heterocycles. The van der Waals surface area contributed by atoms with Gasteiger partial charge in [0.2, 0.25) is 5.16 Å². The molecular weight excluding hydrogens is 270 g/mol. The first-order chi connectivity index (χ1) is 9.86. The first-order valence-corrected chi connectivity index (χ1v) is 7.92. The summed E-state index contributed by atoms with van der Waals surface area (Å²) in [4.78, 5) is 0. The van der Waals surface area contributed by atoms with Crippen LogP contribution in [0.1, 0.15) is 25.7 Å². The predicted octanol–water partition coefficient (Wildman–Crippen LogP) is 2.29. The molecule has 5 nitrogen and oxygen atoms in total. The highest BCUT2D eigenvalue weighted by atomic mass is 32.2. The van der Waals surface area contributed by atoms with Crippen LogP contribution >= 0.6 is 11.8 Å². The molecular formula is C14H19N5S. The van der Waals surface area contributed by atoms with E-state index < -0.39 is 0 Å². The number of aromatic nitrogens is 4. The number of para-hydroxylation sites is 1. The van der Waals surface area contributed by atoms with Crippen molar-refractivity contribution in [3.05, 3.63) is 30.3 Å². The van der Waals surface area contributed by atoms with Gasteiger partial charge < -0.3 is 5.32 Å². The highest BCUT2D eigenvalue weighted by molar-refractivity contribution is 7.99. The third-order valence-corrected chi connectivity index (χ3v) is 4.97. The molecule has 3 rings (SSSR count). The highest BCUT2D eigenvalue weighted by Crippen LogP contribution is 2.33. The summed E-state index contributed by atoms with van der Waals surface area (Å²) in [6.45, 7) is 0. The van der Waals surface area contributed by atoms with Gasteiger partial charge in [-0.3, -0.25) is 0 Å². The van der Waals surface area contributed by atoms with E-state index in [1.165, 1.54) is 25.7 Å². The molecule has 2 aromatic rings. The molecule has 1 saturated carbocycles. The van der Waals surface area contributed by atoms with E-state index in [9.17, 15) is 0 Å². The maximum absolute atomic E-state index is 4.18. The standard InChI is InChI=1S/C14H19N5S/c1-15-11-6-5-9-13(10-11)20-14-16-17-18-19(14)12-7-3-2-4-8-12/h2-4,7-8,11,13,15H,5-6,9-10H2,1H3. The van der Waals surface area contributed by atoms with Crippen LogP contribution < -0.4 is 5.32 Å². The zero-order valence-corrected chi connectivity index (χ0v) is 12.4. The van der Waals surface area contributed by atoms with Crippen LogP contribution in [-0.2, 0) is 0 Å². The minimum atomic E-state index is 0.592. The Kier molecular flexibility index (Phi) is 4.32. The summed E-state index contributed by atoms with van der Waals surface area (Å²) in [6.07, 6.45) is 4.97. The molecule has 1 aliphatic rings. The molecule has 0 saturated heterocycles. The number of nitrogens with zero attached hydrogens (tertiary/aromatic N) is 4. The van der Waals surface area contributed by atoms with Crippen molar-refractivity contribution in [2.45, 2.75) is 42.1 Å². The predicted molar refractivity (Wildman–Crippen MR) is 80.1 cm³/mol. The SMILES string of the molecule is CNC1CCCC(Sc2nnnn2-c2ccccc2)C1. The van der Waals surface area contributed by atoms with Crippen LogP contribution in [0.4, 0.5) is 0 Å². The molecule has 0 spiro atoms. The third kappa shape index (κ3) is 3.02. The number of hydrogen-bond donors (Lipinski definition) is 1. The molecule has 2 unspecified atom stereocenters. The number of benzene rings is 1. The van der Waals surface area contributed by atoms with Gasteiger partial charge in [0.1, 0.15) is 0 Å². The van der Waals surface area contributed by atoms with Crippen molar-refractivity contribution in [3.63, 3.8) is 0 Å². The normalized spacial score (nSPS) is 22.9. The second-order valence-corrected chi connectivity index (χ2v) is 6.37. The maximum Gasteiger partial charge on any atom is 0.214 e. The summed E-state index contributed by atoms with van der Waals surface area (Å²) in [5.41, 5.74) is 1.01. The second kappa shape index (κ2) is 6.37. The van der Waals surface area contributed by atoms with Gasteiger partial charge in [-0.2, -0.15) is 4.68 Å². The molecule has 0 bridgehead atoms. The van der Waals surface area contributed by atoms with E-state index in [0.717, 1.165) is 10.8 Å². The van der Waals surface area contributed by atoms with Gasteiger partial charge in [0.05, 0.1) is 5.69 Å². The molecule has 0 aliphatic heterocycles. The third-order valence-electron chi connectivity index (χ3n) is 3.75. The summed E-state index contributed by atoms with van der Waals surface area (Å²) < 4.78 is 1.83. The summed E-state index contributed by atoms with van der Waals surface area (Å²) in [7, 11) is 2.05. The first-order valence-electron chi connectivity index (χ1n) is 7.04. The van der Waals surface area contributed by atoms with E-state index in [1.807, 2.05) is 42.1 Å². The minimum Gasteiger partial charge on any atom is -0.317 e. The van der Waals surface area contributed by atoms with Gasteiger partial charge in [-0.25, -0.2) is 0 Å². The Hall–Kier alpha value is -1.40. The molecule has 1 aromatic carbocycles. The molecule has 6 heteroatoms. The largest absolute Gasteiger partial charge is 0.317 e. The van der Waals surface area contributed by atoms with Gasteiger partial charge in [0.15, 0.2) is 0 Å². The smallest absolute Gasteiger partial charge is 0.214 e. The average Bonchev–Trinajstić information content (AvgIpc) is 2.96. The Balaban J connectivity index is 1.74. The number of hydrogen-bond acceptors (Lipinski definition) is 5. The van der Waals surface area contributed by atoms with Gasteiger partial charge in [-0.05, 0) is 48.9 Å². The molecule has 0 amide bonds. The van der Waals surface area contributed by atoms with Gasteiger partial charge in [-0.1, -0.05) is 36.4 Å². The Morgan fingerprint density at radius 3 is 2.90 bits per heavy atom. The van der Waals surface area contributed by atoms with Gasteiger partial charge in [0, 0.05) is 11.3 Å². The lowest BCUT2D eigenvalue weighted by Crippen LogP contribution is -2.32. The van der Waals surface area contributed by atoms with Crippen LogP contribution in [0.25, 0.3) is 5.69 Å². The zero-order chi connectivity index (χ0) is 13.8. The van der Waals surface area contributed by atoms with Crippen LogP contribution in [0.15, 0.2) is 35.5 Å². The van der Waals surface area contributed by atoms with Crippen molar-refractivity contribution < 1.29 is 0 Å². The molecule has 1 N–H and O–H groups in total. The lowest BCUT2D eigenvalue weighted by molar-refractivity contribution is 0.402.